The van der Waals surface area contributed by atoms with E-state index in [1.807, 2.05) is 37.3 Å². The van der Waals surface area contributed by atoms with Crippen molar-refractivity contribution in [3.05, 3.63) is 124 Å². The van der Waals surface area contributed by atoms with E-state index in [9.17, 15) is 0 Å². The van der Waals surface area contributed by atoms with Crippen LogP contribution in [0.2, 0.25) is 0 Å². The third-order valence-corrected chi connectivity index (χ3v) is 13.2. The van der Waals surface area contributed by atoms with Crippen molar-refractivity contribution >= 4 is 57.6 Å². The Morgan fingerprint density at radius 2 is 1.30 bits per heavy atom. The Bertz CT molecular complexity index is 2170. The zero-order valence-corrected chi connectivity index (χ0v) is 33.9. The van der Waals surface area contributed by atoms with E-state index in [4.69, 9.17) is 9.51 Å². The van der Waals surface area contributed by atoms with Gasteiger partial charge in [0.05, 0.1) is 28.3 Å². The van der Waals surface area contributed by atoms with E-state index in [-0.39, 0.29) is 0 Å². The minimum absolute atomic E-state index is 0.755. The number of nitrogens with zero attached hydrogens (tertiary/aromatic N) is 7. The number of thiazole rings is 1. The van der Waals surface area contributed by atoms with Crippen LogP contribution in [0.15, 0.2) is 104 Å². The van der Waals surface area contributed by atoms with E-state index in [1.54, 1.807) is 23.1 Å². The number of aryl methyl sites for hydroxylation is 4. The van der Waals surface area contributed by atoms with Crippen LogP contribution in [0.25, 0.3) is 11.1 Å². The fourth-order valence-electron chi connectivity index (χ4n) is 7.57. The van der Waals surface area contributed by atoms with Gasteiger partial charge in [0, 0.05) is 108 Å². The predicted molar refractivity (Wildman–Crippen MR) is 228 cm³/mol. The number of pyridine rings is 1. The molecule has 0 bridgehead atoms. The molecule has 0 aliphatic carbocycles. The summed E-state index contributed by atoms with van der Waals surface area (Å²) >= 11 is 5.34. The van der Waals surface area contributed by atoms with Gasteiger partial charge in [-0.3, -0.25) is 0 Å². The van der Waals surface area contributed by atoms with Crippen molar-refractivity contribution in [2.75, 3.05) is 72.0 Å². The van der Waals surface area contributed by atoms with Crippen molar-refractivity contribution < 1.29 is 4.52 Å². The first kappa shape index (κ1) is 36.5. The Morgan fingerprint density at radius 1 is 0.648 bits per heavy atom. The molecule has 54 heavy (non-hydrogen) atoms. The maximum absolute atomic E-state index is 5.52. The molecule has 0 radical (unpaired) electrons. The smallest absolute Gasteiger partial charge is 0.137 e. The molecule has 278 valence electrons. The molecular weight excluding hydrogens is 727 g/mol. The molecular formula is C43H47N7OS3. The van der Waals surface area contributed by atoms with Gasteiger partial charge in [0.25, 0.3) is 0 Å². The number of anilines is 4. The van der Waals surface area contributed by atoms with Gasteiger partial charge in [-0.15, -0.1) is 34.9 Å². The Kier molecular flexibility index (Phi) is 11.2. The number of aromatic nitrogens is 3. The van der Waals surface area contributed by atoms with Crippen LogP contribution in [-0.2, 0) is 11.5 Å². The number of thioether (sulfide) groups is 2. The van der Waals surface area contributed by atoms with Crippen LogP contribution in [-0.4, -0.2) is 67.5 Å². The Morgan fingerprint density at radius 3 is 1.89 bits per heavy atom. The summed E-state index contributed by atoms with van der Waals surface area (Å²) in [6.07, 6.45) is 1.92. The SMILES string of the molecule is Cc1cccc(N2CCN(c3c(SCc4cscn4)ccc(-c4cccnc4SCc4c(C)noc4C)c3N3CCN(c4cccc(C)c4)CC3)CC2)c1. The second kappa shape index (κ2) is 16.5. The zero-order valence-electron chi connectivity index (χ0n) is 31.5. The highest BCUT2D eigenvalue weighted by molar-refractivity contribution is 7.98. The van der Waals surface area contributed by atoms with Gasteiger partial charge >= 0.3 is 0 Å². The van der Waals surface area contributed by atoms with Gasteiger partial charge in [-0.05, 0) is 75.2 Å². The van der Waals surface area contributed by atoms with E-state index in [2.05, 4.69) is 122 Å². The highest BCUT2D eigenvalue weighted by Gasteiger charge is 2.30. The fourth-order valence-corrected chi connectivity index (χ4v) is 10.4. The van der Waals surface area contributed by atoms with E-state index in [0.717, 1.165) is 91.6 Å². The zero-order chi connectivity index (χ0) is 37.0. The second-order valence-electron chi connectivity index (χ2n) is 14.2. The van der Waals surface area contributed by atoms with Gasteiger partial charge in [-0.25, -0.2) is 9.97 Å². The summed E-state index contributed by atoms with van der Waals surface area (Å²) in [6, 6.07) is 26.9. The van der Waals surface area contributed by atoms with Crippen LogP contribution >= 0.6 is 34.9 Å². The van der Waals surface area contributed by atoms with Gasteiger partial charge in [-0.1, -0.05) is 41.6 Å². The molecule has 2 fully saturated rings. The predicted octanol–water partition coefficient (Wildman–Crippen LogP) is 9.66. The molecule has 0 atom stereocenters. The topological polar surface area (TPSA) is 64.8 Å². The van der Waals surface area contributed by atoms with Gasteiger partial charge in [0.1, 0.15) is 10.8 Å². The average Bonchev–Trinajstić information content (AvgIpc) is 3.85. The first-order valence-electron chi connectivity index (χ1n) is 18.7. The summed E-state index contributed by atoms with van der Waals surface area (Å²) in [5.74, 6) is 2.47. The van der Waals surface area contributed by atoms with Crippen LogP contribution in [0.1, 0.15) is 33.8 Å². The minimum Gasteiger partial charge on any atom is -0.368 e. The number of benzene rings is 3. The normalized spacial score (nSPS) is 15.0. The van der Waals surface area contributed by atoms with Crippen LogP contribution < -0.4 is 19.6 Å². The summed E-state index contributed by atoms with van der Waals surface area (Å²) in [6.45, 7) is 16.0. The van der Waals surface area contributed by atoms with Crippen LogP contribution in [0.4, 0.5) is 22.7 Å². The molecule has 6 aromatic rings. The third kappa shape index (κ3) is 7.99. The molecule has 3 aromatic heterocycles. The van der Waals surface area contributed by atoms with Crippen LogP contribution in [0.3, 0.4) is 0 Å². The van der Waals surface area contributed by atoms with Crippen molar-refractivity contribution in [1.82, 2.24) is 15.1 Å². The molecule has 0 unspecified atom stereocenters. The van der Waals surface area contributed by atoms with Crippen molar-refractivity contribution in [1.29, 1.82) is 0 Å². The van der Waals surface area contributed by atoms with E-state index in [0.29, 0.717) is 0 Å². The molecule has 2 aliphatic rings. The lowest BCUT2D eigenvalue weighted by molar-refractivity contribution is 0.392. The largest absolute Gasteiger partial charge is 0.368 e. The lowest BCUT2D eigenvalue weighted by Gasteiger charge is -2.43. The molecule has 5 heterocycles. The Labute approximate surface area is 331 Å². The van der Waals surface area contributed by atoms with Crippen molar-refractivity contribution in [3.8, 4) is 11.1 Å². The van der Waals surface area contributed by atoms with Crippen LogP contribution in [0, 0.1) is 27.7 Å². The first-order valence-corrected chi connectivity index (χ1v) is 21.6. The molecule has 11 heteroatoms. The highest BCUT2D eigenvalue weighted by Crippen LogP contribution is 2.48. The Balaban J connectivity index is 1.19. The van der Waals surface area contributed by atoms with Crippen LogP contribution in [0.5, 0.6) is 0 Å². The molecule has 8 nitrogen and oxygen atoms in total. The third-order valence-electron chi connectivity index (χ3n) is 10.5. The number of rotatable bonds is 11. The van der Waals surface area contributed by atoms with E-state index >= 15 is 0 Å². The molecule has 0 N–H and O–H groups in total. The summed E-state index contributed by atoms with van der Waals surface area (Å²) in [5, 5.41) is 7.42. The molecule has 3 aromatic carbocycles. The van der Waals surface area contributed by atoms with E-state index in [1.165, 1.54) is 49.9 Å². The molecule has 8 rings (SSSR count). The van der Waals surface area contributed by atoms with Gasteiger partial charge < -0.3 is 24.1 Å². The highest BCUT2D eigenvalue weighted by atomic mass is 32.2. The van der Waals surface area contributed by atoms with Crippen molar-refractivity contribution in [2.45, 2.75) is 49.1 Å². The lowest BCUT2D eigenvalue weighted by Crippen LogP contribution is -2.49. The van der Waals surface area contributed by atoms with E-state index < -0.39 is 0 Å². The van der Waals surface area contributed by atoms with Gasteiger partial charge in [0.2, 0.25) is 0 Å². The molecule has 0 amide bonds. The number of hydrogen-bond donors (Lipinski definition) is 0. The van der Waals surface area contributed by atoms with Crippen molar-refractivity contribution in [2.24, 2.45) is 0 Å². The fraction of sp³-hybridized carbons (Fsp3) is 0.326. The van der Waals surface area contributed by atoms with Gasteiger partial charge in [0.15, 0.2) is 0 Å². The molecule has 2 aliphatic heterocycles. The number of piperazine rings is 2. The maximum atomic E-state index is 5.52. The lowest BCUT2D eigenvalue weighted by atomic mass is 10.0. The number of hydrogen-bond acceptors (Lipinski definition) is 11. The van der Waals surface area contributed by atoms with Gasteiger partial charge in [-0.2, -0.15) is 0 Å². The summed E-state index contributed by atoms with van der Waals surface area (Å²) < 4.78 is 5.52. The quantitative estimate of drug-likeness (QED) is 0.119. The monoisotopic (exact) mass is 773 g/mol. The Hall–Kier alpha value is -4.45. The molecule has 2 saturated heterocycles. The standard InChI is InChI=1S/C43H47N7OS3/c1-30-8-5-10-35(24-30)47-16-20-49(21-17-47)41-37(38-12-7-15-44-43(38)54-28-39-32(3)46-51-33(39)4)13-14-40(53-27-34-26-52-29-45-34)42(41)50-22-18-48(19-23-50)36-11-6-9-31(2)25-36/h5-15,24-26,29H,16-23,27-28H2,1-4H3. The summed E-state index contributed by atoms with van der Waals surface area (Å²) in [7, 11) is 0. The first-order chi connectivity index (χ1) is 26.4. The van der Waals surface area contributed by atoms with Crippen molar-refractivity contribution in [3.63, 3.8) is 0 Å². The summed E-state index contributed by atoms with van der Waals surface area (Å²) in [4.78, 5) is 21.4. The molecule has 0 saturated carbocycles. The molecule has 0 spiro atoms. The second-order valence-corrected chi connectivity index (χ2v) is 16.9. The summed E-state index contributed by atoms with van der Waals surface area (Å²) in [5.41, 5.74) is 15.4. The minimum atomic E-state index is 0.755. The maximum Gasteiger partial charge on any atom is 0.137 e. The average molecular weight is 774 g/mol.